The van der Waals surface area contributed by atoms with Crippen molar-refractivity contribution in [2.24, 2.45) is 0 Å². The highest BCUT2D eigenvalue weighted by molar-refractivity contribution is 9.10. The van der Waals surface area contributed by atoms with E-state index < -0.39 is 0 Å². The second-order valence-corrected chi connectivity index (χ2v) is 3.13. The van der Waals surface area contributed by atoms with E-state index in [9.17, 15) is 0 Å². The molecule has 0 nitrogen and oxygen atoms in total. The highest BCUT2D eigenvalue weighted by Crippen LogP contribution is 2.18. The summed E-state index contributed by atoms with van der Waals surface area (Å²) in [4.78, 5) is 0. The molecule has 1 aromatic rings. The van der Waals surface area contributed by atoms with E-state index in [1.165, 1.54) is 0 Å². The minimum absolute atomic E-state index is 0.717. The van der Waals surface area contributed by atoms with Crippen LogP contribution in [-0.2, 0) is 0 Å². The number of hydrogen-bond acceptors (Lipinski definition) is 0. The lowest BCUT2D eigenvalue weighted by Crippen LogP contribution is -1.70. The molecule has 0 N–H and O–H groups in total. The fraction of sp³-hybridized carbons (Fsp3) is 0. The van der Waals surface area contributed by atoms with E-state index in [4.69, 9.17) is 11.6 Å². The van der Waals surface area contributed by atoms with Crippen molar-refractivity contribution in [2.45, 2.75) is 0 Å². The Balaban J connectivity index is 3.17. The number of halogens is 2. The van der Waals surface area contributed by atoms with E-state index in [1.807, 2.05) is 18.2 Å². The third kappa shape index (κ3) is 1.99. The monoisotopic (exact) mass is 203 g/mol. The van der Waals surface area contributed by atoms with Gasteiger partial charge < -0.3 is 0 Å². The molecule has 0 fully saturated rings. The minimum atomic E-state index is 0.717. The Labute approximate surface area is 68.0 Å². The number of hydrogen-bond donors (Lipinski definition) is 0. The van der Waals surface area contributed by atoms with Crippen LogP contribution in [0, 0.1) is 6.92 Å². The van der Waals surface area contributed by atoms with Gasteiger partial charge >= 0.3 is 0 Å². The summed E-state index contributed by atoms with van der Waals surface area (Å²) in [5.41, 5.74) is 0.925. The summed E-state index contributed by atoms with van der Waals surface area (Å²) in [6, 6.07) is 5.55. The van der Waals surface area contributed by atoms with Crippen LogP contribution < -0.4 is 0 Å². The Morgan fingerprint density at radius 1 is 1.33 bits per heavy atom. The van der Waals surface area contributed by atoms with E-state index in [1.54, 1.807) is 0 Å². The molecule has 0 amide bonds. The molecule has 0 unspecified atom stereocenters. The molecule has 0 saturated carbocycles. The summed E-state index contributed by atoms with van der Waals surface area (Å²) < 4.78 is 0.972. The number of benzene rings is 1. The molecule has 0 aliphatic rings. The summed E-state index contributed by atoms with van der Waals surface area (Å²) in [7, 11) is 0. The largest absolute Gasteiger partial charge is 0.0843 e. The Morgan fingerprint density at radius 2 is 2.00 bits per heavy atom. The fourth-order valence-electron chi connectivity index (χ4n) is 0.611. The molecule has 1 radical (unpaired) electrons. The van der Waals surface area contributed by atoms with Gasteiger partial charge in [0.2, 0.25) is 0 Å². The van der Waals surface area contributed by atoms with E-state index in [0.29, 0.717) is 0 Å². The SMILES string of the molecule is [CH2]c1cc(Cl)cc(Br)c1. The Bertz CT molecular complexity index is 170. The highest BCUT2D eigenvalue weighted by atomic mass is 79.9. The molecule has 0 bridgehead atoms. The van der Waals surface area contributed by atoms with Gasteiger partial charge in [-0.1, -0.05) is 27.5 Å². The standard InChI is InChI=1S/C7H5BrCl/c1-5-2-6(8)4-7(9)3-5/h2-4H,1H2. The second kappa shape index (κ2) is 2.72. The number of rotatable bonds is 0. The molecule has 0 spiro atoms. The molecular weight excluding hydrogens is 199 g/mol. The van der Waals surface area contributed by atoms with Gasteiger partial charge in [0.15, 0.2) is 0 Å². The molecule has 1 aromatic carbocycles. The second-order valence-electron chi connectivity index (χ2n) is 1.78. The first-order valence-corrected chi connectivity index (χ1v) is 3.63. The van der Waals surface area contributed by atoms with Crippen molar-refractivity contribution in [3.05, 3.63) is 40.2 Å². The van der Waals surface area contributed by atoms with Gasteiger partial charge in [-0.05, 0) is 30.7 Å². The van der Waals surface area contributed by atoms with Gasteiger partial charge in [0, 0.05) is 9.50 Å². The summed E-state index contributed by atoms with van der Waals surface area (Å²) in [5.74, 6) is 0. The molecule has 0 aliphatic carbocycles. The lowest BCUT2D eigenvalue weighted by molar-refractivity contribution is 1.57. The minimum Gasteiger partial charge on any atom is -0.0843 e. The van der Waals surface area contributed by atoms with Crippen molar-refractivity contribution >= 4 is 27.5 Å². The third-order valence-electron chi connectivity index (χ3n) is 0.922. The zero-order valence-electron chi connectivity index (χ0n) is 4.70. The highest BCUT2D eigenvalue weighted by Gasteiger charge is 1.90. The van der Waals surface area contributed by atoms with Crippen molar-refractivity contribution in [3.63, 3.8) is 0 Å². The molecule has 1 rings (SSSR count). The summed E-state index contributed by atoms with van der Waals surface area (Å²) >= 11 is 8.97. The first-order chi connectivity index (χ1) is 4.18. The van der Waals surface area contributed by atoms with Crippen LogP contribution in [0.4, 0.5) is 0 Å². The Morgan fingerprint density at radius 3 is 2.44 bits per heavy atom. The normalized spacial score (nSPS) is 9.67. The maximum absolute atomic E-state index is 5.68. The van der Waals surface area contributed by atoms with Gasteiger partial charge in [0.05, 0.1) is 0 Å². The van der Waals surface area contributed by atoms with Crippen LogP contribution in [0.1, 0.15) is 5.56 Å². The summed E-state index contributed by atoms with van der Waals surface area (Å²) in [6.45, 7) is 3.73. The van der Waals surface area contributed by atoms with Crippen LogP contribution in [0.15, 0.2) is 22.7 Å². The molecule has 0 aromatic heterocycles. The van der Waals surface area contributed by atoms with Gasteiger partial charge in [-0.3, -0.25) is 0 Å². The molecule has 47 valence electrons. The van der Waals surface area contributed by atoms with Crippen molar-refractivity contribution in [1.29, 1.82) is 0 Å². The Kier molecular flexibility index (Phi) is 2.14. The maximum atomic E-state index is 5.68. The van der Waals surface area contributed by atoms with Crippen LogP contribution >= 0.6 is 27.5 Å². The topological polar surface area (TPSA) is 0 Å². The first-order valence-electron chi connectivity index (χ1n) is 2.46. The quantitative estimate of drug-likeness (QED) is 0.608. The lowest BCUT2D eigenvalue weighted by atomic mass is 10.2. The predicted octanol–water partition coefficient (Wildman–Crippen LogP) is 3.28. The van der Waals surface area contributed by atoms with Crippen LogP contribution in [0.2, 0.25) is 5.02 Å². The smallest absolute Gasteiger partial charge is 0.0419 e. The third-order valence-corrected chi connectivity index (χ3v) is 1.60. The van der Waals surface area contributed by atoms with Crippen LogP contribution in [0.3, 0.4) is 0 Å². The summed E-state index contributed by atoms with van der Waals surface area (Å²) in [6.07, 6.45) is 0. The zero-order chi connectivity index (χ0) is 6.85. The van der Waals surface area contributed by atoms with Crippen molar-refractivity contribution < 1.29 is 0 Å². The molecule has 0 aliphatic heterocycles. The van der Waals surface area contributed by atoms with E-state index in [0.717, 1.165) is 15.1 Å². The van der Waals surface area contributed by atoms with Crippen molar-refractivity contribution in [2.75, 3.05) is 0 Å². The summed E-state index contributed by atoms with van der Waals surface area (Å²) in [5, 5.41) is 0.717. The molecule has 0 heterocycles. The average molecular weight is 204 g/mol. The van der Waals surface area contributed by atoms with E-state index >= 15 is 0 Å². The van der Waals surface area contributed by atoms with Gasteiger partial charge in [0.1, 0.15) is 0 Å². The average Bonchev–Trinajstić information content (AvgIpc) is 1.59. The van der Waals surface area contributed by atoms with Gasteiger partial charge in [-0.2, -0.15) is 0 Å². The van der Waals surface area contributed by atoms with Crippen LogP contribution in [-0.4, -0.2) is 0 Å². The molecule has 2 heteroatoms. The fourth-order valence-corrected chi connectivity index (χ4v) is 1.54. The maximum Gasteiger partial charge on any atom is 0.0419 e. The van der Waals surface area contributed by atoms with Gasteiger partial charge in [-0.15, -0.1) is 0 Å². The van der Waals surface area contributed by atoms with Crippen LogP contribution in [0.25, 0.3) is 0 Å². The van der Waals surface area contributed by atoms with Crippen LogP contribution in [0.5, 0.6) is 0 Å². The first kappa shape index (κ1) is 7.10. The molecule has 9 heavy (non-hydrogen) atoms. The Hall–Kier alpha value is -0.0100. The zero-order valence-corrected chi connectivity index (χ0v) is 7.04. The van der Waals surface area contributed by atoms with Crippen molar-refractivity contribution in [1.82, 2.24) is 0 Å². The van der Waals surface area contributed by atoms with Crippen molar-refractivity contribution in [3.8, 4) is 0 Å². The predicted molar refractivity (Wildman–Crippen MR) is 43.6 cm³/mol. The van der Waals surface area contributed by atoms with E-state index in [2.05, 4.69) is 22.9 Å². The molecule has 0 atom stereocenters. The van der Waals surface area contributed by atoms with E-state index in [-0.39, 0.29) is 0 Å². The molecule has 0 saturated heterocycles. The molecular formula is C7H5BrCl. The van der Waals surface area contributed by atoms with Gasteiger partial charge in [0.25, 0.3) is 0 Å². The lowest BCUT2D eigenvalue weighted by Gasteiger charge is -1.93. The van der Waals surface area contributed by atoms with Gasteiger partial charge in [-0.25, -0.2) is 0 Å².